The minimum Gasteiger partial charge on any atom is -0.462 e. The van der Waals surface area contributed by atoms with Crippen LogP contribution in [0.3, 0.4) is 0 Å². The van der Waals surface area contributed by atoms with E-state index in [0.29, 0.717) is 6.42 Å². The summed E-state index contributed by atoms with van der Waals surface area (Å²) in [5.74, 6) is -1.18. The zero-order valence-corrected chi connectivity index (χ0v) is 8.34. The molecule has 1 saturated carbocycles. The van der Waals surface area contributed by atoms with E-state index < -0.39 is 18.0 Å². The molecule has 0 aromatic heterocycles. The Kier molecular flexibility index (Phi) is 2.46. The lowest BCUT2D eigenvalue weighted by Crippen LogP contribution is -2.25. The molecule has 0 amide bonds. The lowest BCUT2D eigenvalue weighted by Gasteiger charge is -2.16. The second-order valence-corrected chi connectivity index (χ2v) is 3.99. The van der Waals surface area contributed by atoms with Gasteiger partial charge in [-0.2, -0.15) is 0 Å². The van der Waals surface area contributed by atoms with Gasteiger partial charge in [0.15, 0.2) is 0 Å². The molecule has 1 saturated heterocycles. The Hall–Kier alpha value is -1.39. The molecule has 0 aromatic rings. The molecule has 0 spiro atoms. The fourth-order valence-electron chi connectivity index (χ4n) is 2.43. The Morgan fingerprint density at radius 2 is 2.33 bits per heavy atom. The molecule has 1 aliphatic heterocycles. The number of ether oxygens (including phenoxy) is 2. The van der Waals surface area contributed by atoms with Gasteiger partial charge >= 0.3 is 11.9 Å². The molecule has 2 rings (SSSR count). The Morgan fingerprint density at radius 3 is 2.93 bits per heavy atom. The smallest absolute Gasteiger partial charge is 0.306 e. The van der Waals surface area contributed by atoms with Crippen LogP contribution in [0.2, 0.25) is 0 Å². The number of fused-ring (bicyclic) bond motifs is 1. The van der Waals surface area contributed by atoms with E-state index in [4.69, 9.17) is 9.47 Å². The van der Waals surface area contributed by atoms with E-state index >= 15 is 0 Å². The van der Waals surface area contributed by atoms with Crippen molar-refractivity contribution in [2.24, 2.45) is 11.8 Å². The first-order valence-electron chi connectivity index (χ1n) is 4.94. The zero-order valence-electron chi connectivity index (χ0n) is 8.34. The quantitative estimate of drug-likeness (QED) is 0.478. The van der Waals surface area contributed by atoms with Crippen LogP contribution in [0.5, 0.6) is 0 Å². The Bertz CT molecular complexity index is 311. The van der Waals surface area contributed by atoms with Gasteiger partial charge in [0.2, 0.25) is 0 Å². The predicted molar refractivity (Wildman–Crippen MR) is 47.7 cm³/mol. The molecule has 0 radical (unpaired) electrons. The molecule has 0 N–H and O–H groups in total. The van der Waals surface area contributed by atoms with Gasteiger partial charge < -0.3 is 14.3 Å². The largest absolute Gasteiger partial charge is 0.462 e. The minimum atomic E-state index is -0.428. The fraction of sp³-hybridized carbons (Fsp3) is 0.700. The van der Waals surface area contributed by atoms with Gasteiger partial charge in [-0.1, -0.05) is 0 Å². The van der Waals surface area contributed by atoms with Crippen molar-refractivity contribution in [2.45, 2.75) is 32.0 Å². The summed E-state index contributed by atoms with van der Waals surface area (Å²) in [4.78, 5) is 32.7. The number of esters is 2. The molecule has 2 unspecified atom stereocenters. The third-order valence-corrected chi connectivity index (χ3v) is 3.03. The minimum absolute atomic E-state index is 0.112. The Morgan fingerprint density at radius 1 is 1.60 bits per heavy atom. The van der Waals surface area contributed by atoms with E-state index in [1.165, 1.54) is 6.92 Å². The van der Waals surface area contributed by atoms with Crippen molar-refractivity contribution in [1.29, 1.82) is 0 Å². The summed E-state index contributed by atoms with van der Waals surface area (Å²) in [6, 6.07) is 0. The van der Waals surface area contributed by atoms with Crippen molar-refractivity contribution in [1.82, 2.24) is 0 Å². The van der Waals surface area contributed by atoms with Gasteiger partial charge in [0.25, 0.3) is 0 Å². The second-order valence-electron chi connectivity index (χ2n) is 3.99. The molecule has 1 aliphatic carbocycles. The van der Waals surface area contributed by atoms with E-state index in [0.717, 1.165) is 6.29 Å². The highest BCUT2D eigenvalue weighted by Crippen LogP contribution is 2.41. The average Bonchev–Trinajstić information content (AvgIpc) is 2.59. The highest BCUT2D eigenvalue weighted by Gasteiger charge is 2.51. The summed E-state index contributed by atoms with van der Waals surface area (Å²) in [5, 5.41) is 0. The lowest BCUT2D eigenvalue weighted by atomic mass is 9.94. The van der Waals surface area contributed by atoms with Gasteiger partial charge in [-0.3, -0.25) is 9.59 Å². The average molecular weight is 212 g/mol. The van der Waals surface area contributed by atoms with E-state index in [1.807, 2.05) is 0 Å². The maximum atomic E-state index is 11.0. The third-order valence-electron chi connectivity index (χ3n) is 3.03. The van der Waals surface area contributed by atoms with E-state index in [9.17, 15) is 14.4 Å². The highest BCUT2D eigenvalue weighted by molar-refractivity contribution is 5.74. The topological polar surface area (TPSA) is 69.7 Å². The summed E-state index contributed by atoms with van der Waals surface area (Å²) in [6.45, 7) is 1.31. The summed E-state index contributed by atoms with van der Waals surface area (Å²) in [6.07, 6.45) is 0.783. The first kappa shape index (κ1) is 10.1. The van der Waals surface area contributed by atoms with Crippen molar-refractivity contribution in [2.75, 3.05) is 0 Å². The zero-order chi connectivity index (χ0) is 11.0. The molecule has 1 heterocycles. The lowest BCUT2D eigenvalue weighted by molar-refractivity contribution is -0.150. The summed E-state index contributed by atoms with van der Waals surface area (Å²) in [5.41, 5.74) is 0. The molecular formula is C10H12O5. The maximum Gasteiger partial charge on any atom is 0.306 e. The van der Waals surface area contributed by atoms with Crippen LogP contribution in [0.25, 0.3) is 0 Å². The number of hydrogen-bond donors (Lipinski definition) is 0. The number of carbonyl (C=O) groups excluding carboxylic acids is 3. The fourth-order valence-corrected chi connectivity index (χ4v) is 2.43. The van der Waals surface area contributed by atoms with Crippen LogP contribution in [-0.2, 0) is 23.9 Å². The normalized spacial score (nSPS) is 38.3. The number of rotatable bonds is 2. The molecule has 0 bridgehead atoms. The van der Waals surface area contributed by atoms with Crippen molar-refractivity contribution < 1.29 is 23.9 Å². The first-order chi connectivity index (χ1) is 7.11. The van der Waals surface area contributed by atoms with Gasteiger partial charge in [0, 0.05) is 19.3 Å². The first-order valence-corrected chi connectivity index (χ1v) is 4.94. The van der Waals surface area contributed by atoms with Crippen molar-refractivity contribution >= 4 is 18.2 Å². The van der Waals surface area contributed by atoms with Crippen molar-refractivity contribution in [3.8, 4) is 0 Å². The van der Waals surface area contributed by atoms with E-state index in [-0.39, 0.29) is 24.4 Å². The Balaban J connectivity index is 2.09. The molecular weight excluding hydrogens is 200 g/mol. The molecule has 2 fully saturated rings. The standard InChI is InChI=1S/C10H12O5/c1-5(12)14-9-3-8-6(7(9)4-11)2-10(13)15-8/h4,6-9H,2-3H2,1H3/t6-,7?,8?,9-/m1/s1. The second kappa shape index (κ2) is 3.64. The number of carbonyl (C=O) groups is 3. The van der Waals surface area contributed by atoms with Crippen LogP contribution in [0.1, 0.15) is 19.8 Å². The summed E-state index contributed by atoms with van der Waals surface area (Å²) >= 11 is 0. The molecule has 2 aliphatic rings. The molecule has 4 atom stereocenters. The van der Waals surface area contributed by atoms with Crippen molar-refractivity contribution in [3.05, 3.63) is 0 Å². The van der Waals surface area contributed by atoms with Crippen LogP contribution < -0.4 is 0 Å². The van der Waals surface area contributed by atoms with Gasteiger partial charge in [-0.15, -0.1) is 0 Å². The van der Waals surface area contributed by atoms with Gasteiger partial charge in [-0.25, -0.2) is 0 Å². The molecule has 5 heteroatoms. The third kappa shape index (κ3) is 1.73. The van der Waals surface area contributed by atoms with Gasteiger partial charge in [-0.05, 0) is 0 Å². The molecule has 5 nitrogen and oxygen atoms in total. The summed E-state index contributed by atoms with van der Waals surface area (Å²) < 4.78 is 10.1. The predicted octanol–water partition coefficient (Wildman–Crippen LogP) is 0.0686. The van der Waals surface area contributed by atoms with E-state index in [2.05, 4.69) is 0 Å². The van der Waals surface area contributed by atoms with Crippen LogP contribution in [0.4, 0.5) is 0 Å². The van der Waals surface area contributed by atoms with E-state index in [1.54, 1.807) is 0 Å². The van der Waals surface area contributed by atoms with Crippen LogP contribution in [0.15, 0.2) is 0 Å². The van der Waals surface area contributed by atoms with Crippen LogP contribution >= 0.6 is 0 Å². The van der Waals surface area contributed by atoms with Crippen LogP contribution in [0, 0.1) is 11.8 Å². The SMILES string of the molecule is CC(=O)O[C@@H]1CC2OC(=O)C[C@@H]2C1C=O. The monoisotopic (exact) mass is 212 g/mol. The van der Waals surface area contributed by atoms with Gasteiger partial charge in [0.1, 0.15) is 18.5 Å². The van der Waals surface area contributed by atoms with Crippen molar-refractivity contribution in [3.63, 3.8) is 0 Å². The number of hydrogen-bond acceptors (Lipinski definition) is 5. The summed E-state index contributed by atoms with van der Waals surface area (Å²) in [7, 11) is 0. The molecule has 82 valence electrons. The number of aldehydes is 1. The Labute approximate surface area is 86.7 Å². The maximum absolute atomic E-state index is 11.0. The van der Waals surface area contributed by atoms with Crippen LogP contribution in [-0.4, -0.2) is 30.4 Å². The molecule has 15 heavy (non-hydrogen) atoms. The highest BCUT2D eigenvalue weighted by atomic mass is 16.6. The van der Waals surface area contributed by atoms with Gasteiger partial charge in [0.05, 0.1) is 12.3 Å². The molecule has 0 aromatic carbocycles.